The predicted octanol–water partition coefficient (Wildman–Crippen LogP) is 3.18. The second kappa shape index (κ2) is 8.47. The van der Waals surface area contributed by atoms with Crippen LogP contribution in [0.15, 0.2) is 48.7 Å². The van der Waals surface area contributed by atoms with Crippen molar-refractivity contribution < 1.29 is 19.1 Å². The molecular formula is C20H24N2O4. The van der Waals surface area contributed by atoms with Crippen molar-refractivity contribution in [2.45, 2.75) is 45.9 Å². The van der Waals surface area contributed by atoms with E-state index in [-0.39, 0.29) is 0 Å². The average Bonchev–Trinajstić information content (AvgIpc) is 2.57. The van der Waals surface area contributed by atoms with Crippen LogP contribution in [0.25, 0.3) is 0 Å². The van der Waals surface area contributed by atoms with Crippen molar-refractivity contribution in [1.29, 1.82) is 0 Å². The molecule has 26 heavy (non-hydrogen) atoms. The summed E-state index contributed by atoms with van der Waals surface area (Å²) >= 11 is 0. The van der Waals surface area contributed by atoms with Crippen LogP contribution in [0.5, 0.6) is 5.75 Å². The lowest BCUT2D eigenvalue weighted by atomic mass is 10.1. The van der Waals surface area contributed by atoms with Gasteiger partial charge in [-0.2, -0.15) is 0 Å². The fraction of sp³-hybridized carbons (Fsp3) is 0.350. The molecule has 1 atom stereocenters. The number of nitrogens with zero attached hydrogens (tertiary/aromatic N) is 1. The van der Waals surface area contributed by atoms with Crippen LogP contribution in [0, 0.1) is 0 Å². The van der Waals surface area contributed by atoms with E-state index in [1.165, 1.54) is 13.1 Å². The molecule has 138 valence electrons. The molecule has 6 nitrogen and oxygen atoms in total. The number of benzene rings is 1. The van der Waals surface area contributed by atoms with Crippen LogP contribution in [0.3, 0.4) is 0 Å². The van der Waals surface area contributed by atoms with Gasteiger partial charge in [-0.05, 0) is 38.5 Å². The Hall–Kier alpha value is -2.89. The number of aromatic nitrogens is 1. The Balaban J connectivity index is 2.08. The zero-order valence-electron chi connectivity index (χ0n) is 15.5. The van der Waals surface area contributed by atoms with E-state index in [1.54, 1.807) is 12.1 Å². The fourth-order valence-electron chi connectivity index (χ4n) is 2.22. The molecule has 2 rings (SSSR count). The van der Waals surface area contributed by atoms with Crippen LogP contribution in [0.2, 0.25) is 0 Å². The molecule has 0 saturated heterocycles. The van der Waals surface area contributed by atoms with Crippen LogP contribution >= 0.6 is 0 Å². The maximum absolute atomic E-state index is 12.4. The molecule has 1 amide bonds. The van der Waals surface area contributed by atoms with Gasteiger partial charge < -0.3 is 14.8 Å². The minimum atomic E-state index is -1.10. The molecule has 1 aromatic carbocycles. The molecule has 1 heterocycles. The lowest BCUT2D eigenvalue weighted by molar-refractivity contribution is -0.155. The SMILES string of the molecule is CC(=O)OC(C(=O)NC(C)(C)C)c1ccc(OCc2ccccc2)cn1. The van der Waals surface area contributed by atoms with E-state index in [0.29, 0.717) is 18.1 Å². The van der Waals surface area contributed by atoms with Gasteiger partial charge in [-0.15, -0.1) is 0 Å². The summed E-state index contributed by atoms with van der Waals surface area (Å²) in [6, 6.07) is 13.1. The Morgan fingerprint density at radius 1 is 1.12 bits per heavy atom. The molecular weight excluding hydrogens is 332 g/mol. The summed E-state index contributed by atoms with van der Waals surface area (Å²) in [6.45, 7) is 7.23. The summed E-state index contributed by atoms with van der Waals surface area (Å²) in [5, 5.41) is 2.80. The minimum Gasteiger partial charge on any atom is -0.487 e. The number of amides is 1. The van der Waals surface area contributed by atoms with Gasteiger partial charge in [0.25, 0.3) is 5.91 Å². The number of hydrogen-bond acceptors (Lipinski definition) is 5. The van der Waals surface area contributed by atoms with E-state index >= 15 is 0 Å². The largest absolute Gasteiger partial charge is 0.487 e. The van der Waals surface area contributed by atoms with E-state index < -0.39 is 23.5 Å². The summed E-state index contributed by atoms with van der Waals surface area (Å²) in [6.07, 6.45) is 0.411. The smallest absolute Gasteiger partial charge is 0.303 e. The second-order valence-electron chi connectivity index (χ2n) is 6.92. The molecule has 2 aromatic rings. The third-order valence-electron chi connectivity index (χ3n) is 3.30. The first-order valence-corrected chi connectivity index (χ1v) is 8.36. The van der Waals surface area contributed by atoms with Gasteiger partial charge in [-0.3, -0.25) is 14.6 Å². The summed E-state index contributed by atoms with van der Waals surface area (Å²) in [7, 11) is 0. The Bertz CT molecular complexity index is 737. The number of pyridine rings is 1. The van der Waals surface area contributed by atoms with Crippen molar-refractivity contribution in [2.75, 3.05) is 0 Å². The number of nitrogens with one attached hydrogen (secondary N) is 1. The summed E-state index contributed by atoms with van der Waals surface area (Å²) in [5.41, 5.74) is 0.932. The molecule has 0 bridgehead atoms. The zero-order valence-corrected chi connectivity index (χ0v) is 15.5. The van der Waals surface area contributed by atoms with E-state index in [9.17, 15) is 9.59 Å². The first-order valence-electron chi connectivity index (χ1n) is 8.36. The summed E-state index contributed by atoms with van der Waals surface area (Å²) < 4.78 is 10.8. The lowest BCUT2D eigenvalue weighted by Gasteiger charge is -2.24. The summed E-state index contributed by atoms with van der Waals surface area (Å²) in [4.78, 5) is 28.0. The van der Waals surface area contributed by atoms with Gasteiger partial charge in [-0.1, -0.05) is 30.3 Å². The summed E-state index contributed by atoms with van der Waals surface area (Å²) in [5.74, 6) is -0.404. The van der Waals surface area contributed by atoms with E-state index in [0.717, 1.165) is 5.56 Å². The molecule has 1 aromatic heterocycles. The maximum atomic E-state index is 12.4. The molecule has 0 aliphatic heterocycles. The number of carbonyl (C=O) groups excluding carboxylic acids is 2. The van der Waals surface area contributed by atoms with E-state index in [2.05, 4.69) is 10.3 Å². The van der Waals surface area contributed by atoms with Gasteiger partial charge in [-0.25, -0.2) is 0 Å². The van der Waals surface area contributed by atoms with Gasteiger partial charge >= 0.3 is 5.97 Å². The van der Waals surface area contributed by atoms with Crippen molar-refractivity contribution >= 4 is 11.9 Å². The molecule has 0 aliphatic carbocycles. The van der Waals surface area contributed by atoms with Crippen molar-refractivity contribution in [3.8, 4) is 5.75 Å². The Kier molecular flexibility index (Phi) is 6.33. The Morgan fingerprint density at radius 2 is 1.81 bits per heavy atom. The quantitative estimate of drug-likeness (QED) is 0.805. The molecule has 0 fully saturated rings. The average molecular weight is 356 g/mol. The molecule has 1 N–H and O–H groups in total. The molecule has 6 heteroatoms. The topological polar surface area (TPSA) is 77.5 Å². The van der Waals surface area contributed by atoms with Crippen molar-refractivity contribution in [1.82, 2.24) is 10.3 Å². The van der Waals surface area contributed by atoms with E-state index in [1.807, 2.05) is 51.1 Å². The highest BCUT2D eigenvalue weighted by atomic mass is 16.5. The highest BCUT2D eigenvalue weighted by molar-refractivity contribution is 5.84. The number of esters is 1. The van der Waals surface area contributed by atoms with Crippen LogP contribution in [-0.2, 0) is 20.9 Å². The third-order valence-corrected chi connectivity index (χ3v) is 3.30. The molecule has 0 saturated carbocycles. The van der Waals surface area contributed by atoms with Gasteiger partial charge in [0.15, 0.2) is 0 Å². The normalized spacial score (nSPS) is 12.2. The van der Waals surface area contributed by atoms with Crippen LogP contribution in [-0.4, -0.2) is 22.4 Å². The van der Waals surface area contributed by atoms with Crippen LogP contribution in [0.4, 0.5) is 0 Å². The Labute approximate surface area is 153 Å². The first-order chi connectivity index (χ1) is 12.2. The van der Waals surface area contributed by atoms with Gasteiger partial charge in [0.2, 0.25) is 6.10 Å². The van der Waals surface area contributed by atoms with Crippen molar-refractivity contribution in [3.05, 3.63) is 59.9 Å². The van der Waals surface area contributed by atoms with E-state index in [4.69, 9.17) is 9.47 Å². The van der Waals surface area contributed by atoms with Crippen LogP contribution < -0.4 is 10.1 Å². The molecule has 0 spiro atoms. The molecule has 0 aliphatic rings. The number of hydrogen-bond donors (Lipinski definition) is 1. The third kappa shape index (κ3) is 6.20. The Morgan fingerprint density at radius 3 is 2.35 bits per heavy atom. The zero-order chi connectivity index (χ0) is 19.2. The second-order valence-corrected chi connectivity index (χ2v) is 6.92. The highest BCUT2D eigenvalue weighted by Gasteiger charge is 2.28. The molecule has 0 radical (unpaired) electrons. The van der Waals surface area contributed by atoms with Gasteiger partial charge in [0.05, 0.1) is 11.9 Å². The highest BCUT2D eigenvalue weighted by Crippen LogP contribution is 2.20. The predicted molar refractivity (Wildman–Crippen MR) is 97.4 cm³/mol. The number of ether oxygens (including phenoxy) is 2. The standard InChI is InChI=1S/C20H24N2O4/c1-14(23)26-18(19(24)22-20(2,3)4)17-11-10-16(12-21-17)25-13-15-8-6-5-7-9-15/h5-12,18H,13H2,1-4H3,(H,22,24). The van der Waals surface area contributed by atoms with Gasteiger partial charge in [0, 0.05) is 12.5 Å². The molecule has 1 unspecified atom stereocenters. The van der Waals surface area contributed by atoms with Crippen molar-refractivity contribution in [2.24, 2.45) is 0 Å². The minimum absolute atomic E-state index is 0.342. The first kappa shape index (κ1) is 19.4. The van der Waals surface area contributed by atoms with Crippen LogP contribution in [0.1, 0.15) is 45.1 Å². The maximum Gasteiger partial charge on any atom is 0.303 e. The van der Waals surface area contributed by atoms with Gasteiger partial charge in [0.1, 0.15) is 12.4 Å². The fourth-order valence-corrected chi connectivity index (χ4v) is 2.22. The van der Waals surface area contributed by atoms with Crippen molar-refractivity contribution in [3.63, 3.8) is 0 Å². The lowest BCUT2D eigenvalue weighted by Crippen LogP contribution is -2.44. The number of carbonyl (C=O) groups is 2. The number of rotatable bonds is 6. The monoisotopic (exact) mass is 356 g/mol.